The molecule has 2 atom stereocenters. The number of aliphatic hydroxyl groups is 1. The summed E-state index contributed by atoms with van der Waals surface area (Å²) in [6.07, 6.45) is 4.36. The third-order valence-electron chi connectivity index (χ3n) is 4.75. The van der Waals surface area contributed by atoms with Crippen molar-refractivity contribution in [1.82, 2.24) is 14.9 Å². The lowest BCUT2D eigenvalue weighted by Crippen LogP contribution is -2.56. The number of hydrogen-bond acceptors (Lipinski definition) is 5. The molecule has 0 radical (unpaired) electrons. The molecule has 1 aromatic heterocycles. The molecule has 2 heterocycles. The first-order chi connectivity index (χ1) is 10.0. The highest BCUT2D eigenvalue weighted by molar-refractivity contribution is 5.38. The van der Waals surface area contributed by atoms with Crippen molar-refractivity contribution in [2.24, 2.45) is 0 Å². The molecule has 3 rings (SSSR count). The number of rotatable bonds is 3. The summed E-state index contributed by atoms with van der Waals surface area (Å²) in [6, 6.07) is 2.37. The highest BCUT2D eigenvalue weighted by atomic mass is 16.3. The van der Waals surface area contributed by atoms with Crippen LogP contribution >= 0.6 is 0 Å². The van der Waals surface area contributed by atoms with Crippen LogP contribution in [-0.4, -0.2) is 59.3 Å². The minimum absolute atomic E-state index is 0.143. The van der Waals surface area contributed by atoms with Gasteiger partial charge in [-0.3, -0.25) is 4.90 Å². The van der Waals surface area contributed by atoms with Crippen LogP contribution in [-0.2, 0) is 0 Å². The number of aryl methyl sites for hydroxylation is 1. The summed E-state index contributed by atoms with van der Waals surface area (Å²) in [5, 5.41) is 10.1. The summed E-state index contributed by atoms with van der Waals surface area (Å²) in [4.78, 5) is 13.7. The standard InChI is InChI=1S/C16H26N4O/c1-11-8-15(19(2)3)18-16(17-11)12-9-20(10-12)13-6-4-5-7-14(13)21/h8,12-14,21H,4-7,9-10H2,1-3H3/t13-,14-/m1/s1. The number of aliphatic hydroxyl groups excluding tert-OH is 1. The lowest BCUT2D eigenvalue weighted by Gasteiger charge is -2.46. The van der Waals surface area contributed by atoms with Gasteiger partial charge in [0.1, 0.15) is 11.6 Å². The molecule has 1 aliphatic carbocycles. The van der Waals surface area contributed by atoms with Crippen molar-refractivity contribution in [3.8, 4) is 0 Å². The van der Waals surface area contributed by atoms with Gasteiger partial charge in [0.15, 0.2) is 0 Å². The Morgan fingerprint density at radius 1 is 1.19 bits per heavy atom. The number of nitrogens with zero attached hydrogens (tertiary/aromatic N) is 4. The summed E-state index contributed by atoms with van der Waals surface area (Å²) in [6.45, 7) is 4.00. The highest BCUT2D eigenvalue weighted by Gasteiger charge is 2.38. The number of aromatic nitrogens is 2. The summed E-state index contributed by atoms with van der Waals surface area (Å²) in [5.74, 6) is 2.35. The van der Waals surface area contributed by atoms with Crippen LogP contribution < -0.4 is 4.90 Å². The summed E-state index contributed by atoms with van der Waals surface area (Å²) >= 11 is 0. The Kier molecular flexibility index (Phi) is 4.13. The van der Waals surface area contributed by atoms with E-state index in [1.54, 1.807) is 0 Å². The van der Waals surface area contributed by atoms with E-state index in [1.165, 1.54) is 12.8 Å². The van der Waals surface area contributed by atoms with E-state index < -0.39 is 0 Å². The average molecular weight is 290 g/mol. The summed E-state index contributed by atoms with van der Waals surface area (Å²) < 4.78 is 0. The van der Waals surface area contributed by atoms with Crippen molar-refractivity contribution in [1.29, 1.82) is 0 Å². The van der Waals surface area contributed by atoms with Gasteiger partial charge in [-0.15, -0.1) is 0 Å². The van der Waals surface area contributed by atoms with E-state index in [2.05, 4.69) is 14.9 Å². The van der Waals surface area contributed by atoms with E-state index in [4.69, 9.17) is 0 Å². The number of hydrogen-bond donors (Lipinski definition) is 1. The van der Waals surface area contributed by atoms with Crippen molar-refractivity contribution in [2.75, 3.05) is 32.1 Å². The smallest absolute Gasteiger partial charge is 0.136 e. The monoisotopic (exact) mass is 290 g/mol. The molecule has 0 aromatic carbocycles. The third kappa shape index (κ3) is 3.04. The van der Waals surface area contributed by atoms with Crippen molar-refractivity contribution in [3.05, 3.63) is 17.6 Å². The SMILES string of the molecule is Cc1cc(N(C)C)nc(C2CN([C@@H]3CCCC[C@H]3O)C2)n1. The van der Waals surface area contributed by atoms with Gasteiger partial charge in [0.2, 0.25) is 0 Å². The zero-order valence-corrected chi connectivity index (χ0v) is 13.3. The van der Waals surface area contributed by atoms with E-state index in [0.717, 1.165) is 43.3 Å². The van der Waals surface area contributed by atoms with Gasteiger partial charge in [-0.25, -0.2) is 9.97 Å². The van der Waals surface area contributed by atoms with Crippen LogP contribution in [0.2, 0.25) is 0 Å². The predicted octanol–water partition coefficient (Wildman–Crippen LogP) is 1.55. The quantitative estimate of drug-likeness (QED) is 0.915. The van der Waals surface area contributed by atoms with Crippen LogP contribution in [0.5, 0.6) is 0 Å². The second-order valence-corrected chi connectivity index (χ2v) is 6.69. The number of likely N-dealkylation sites (tertiary alicyclic amines) is 1. The minimum Gasteiger partial charge on any atom is -0.391 e. The summed E-state index contributed by atoms with van der Waals surface area (Å²) in [5.41, 5.74) is 1.03. The predicted molar refractivity (Wildman–Crippen MR) is 83.7 cm³/mol. The second kappa shape index (κ2) is 5.89. The van der Waals surface area contributed by atoms with Crippen LogP contribution in [0.4, 0.5) is 5.82 Å². The first-order valence-electron chi connectivity index (χ1n) is 7.99. The van der Waals surface area contributed by atoms with Gasteiger partial charge in [-0.2, -0.15) is 0 Å². The molecule has 0 spiro atoms. The Hall–Kier alpha value is -1.20. The maximum atomic E-state index is 10.1. The van der Waals surface area contributed by atoms with E-state index in [-0.39, 0.29) is 6.10 Å². The Labute approximate surface area is 127 Å². The summed E-state index contributed by atoms with van der Waals surface area (Å²) in [7, 11) is 4.02. The molecule has 0 bridgehead atoms. The van der Waals surface area contributed by atoms with Gasteiger partial charge in [-0.05, 0) is 19.8 Å². The molecule has 2 aliphatic rings. The van der Waals surface area contributed by atoms with Gasteiger partial charge in [-0.1, -0.05) is 12.8 Å². The lowest BCUT2D eigenvalue weighted by molar-refractivity contribution is -0.0200. The van der Waals surface area contributed by atoms with Crippen molar-refractivity contribution in [2.45, 2.75) is 50.7 Å². The molecule has 5 heteroatoms. The Morgan fingerprint density at radius 2 is 1.90 bits per heavy atom. The Morgan fingerprint density at radius 3 is 2.57 bits per heavy atom. The topological polar surface area (TPSA) is 52.5 Å². The van der Waals surface area contributed by atoms with E-state index >= 15 is 0 Å². The zero-order chi connectivity index (χ0) is 15.0. The molecule has 1 aromatic rings. The minimum atomic E-state index is -0.143. The average Bonchev–Trinajstić information content (AvgIpc) is 2.38. The van der Waals surface area contributed by atoms with Crippen molar-refractivity contribution in [3.63, 3.8) is 0 Å². The van der Waals surface area contributed by atoms with E-state index in [1.807, 2.05) is 32.0 Å². The van der Waals surface area contributed by atoms with Crippen LogP contribution in [0.1, 0.15) is 43.1 Å². The van der Waals surface area contributed by atoms with Crippen LogP contribution in [0, 0.1) is 6.92 Å². The van der Waals surface area contributed by atoms with Gasteiger partial charge in [0.25, 0.3) is 0 Å². The fourth-order valence-corrected chi connectivity index (χ4v) is 3.45. The molecular formula is C16H26N4O. The van der Waals surface area contributed by atoms with Gasteiger partial charge in [0, 0.05) is 50.9 Å². The molecule has 5 nitrogen and oxygen atoms in total. The van der Waals surface area contributed by atoms with Gasteiger partial charge >= 0.3 is 0 Å². The van der Waals surface area contributed by atoms with Crippen LogP contribution in [0.3, 0.4) is 0 Å². The maximum Gasteiger partial charge on any atom is 0.136 e. The molecular weight excluding hydrogens is 264 g/mol. The van der Waals surface area contributed by atoms with E-state index in [0.29, 0.717) is 12.0 Å². The third-order valence-corrected chi connectivity index (χ3v) is 4.75. The molecule has 1 N–H and O–H groups in total. The molecule has 116 valence electrons. The molecule has 0 unspecified atom stereocenters. The fraction of sp³-hybridized carbons (Fsp3) is 0.750. The van der Waals surface area contributed by atoms with Crippen LogP contribution in [0.15, 0.2) is 6.07 Å². The molecule has 21 heavy (non-hydrogen) atoms. The first kappa shape index (κ1) is 14.7. The molecule has 1 saturated heterocycles. The zero-order valence-electron chi connectivity index (χ0n) is 13.3. The largest absolute Gasteiger partial charge is 0.391 e. The van der Waals surface area contributed by atoms with Crippen LogP contribution in [0.25, 0.3) is 0 Å². The lowest BCUT2D eigenvalue weighted by atomic mass is 9.87. The second-order valence-electron chi connectivity index (χ2n) is 6.69. The number of anilines is 1. The Bertz CT molecular complexity index is 499. The first-order valence-corrected chi connectivity index (χ1v) is 7.99. The highest BCUT2D eigenvalue weighted by Crippen LogP contribution is 2.33. The van der Waals surface area contributed by atoms with Crippen molar-refractivity contribution < 1.29 is 5.11 Å². The molecule has 1 aliphatic heterocycles. The molecule has 0 amide bonds. The van der Waals surface area contributed by atoms with Gasteiger partial charge in [0.05, 0.1) is 6.10 Å². The molecule has 2 fully saturated rings. The fourth-order valence-electron chi connectivity index (χ4n) is 3.45. The maximum absolute atomic E-state index is 10.1. The molecule has 1 saturated carbocycles. The van der Waals surface area contributed by atoms with E-state index in [9.17, 15) is 5.11 Å². The van der Waals surface area contributed by atoms with Gasteiger partial charge < -0.3 is 10.0 Å². The van der Waals surface area contributed by atoms with Crippen molar-refractivity contribution >= 4 is 5.82 Å². The Balaban J connectivity index is 1.65. The normalized spacial score (nSPS) is 27.4.